The number of carbonyl (C=O) groups is 1. The third-order valence-electron chi connectivity index (χ3n) is 5.58. The highest BCUT2D eigenvalue weighted by Crippen LogP contribution is 2.23. The summed E-state index contributed by atoms with van der Waals surface area (Å²) in [6.45, 7) is 2.30. The van der Waals surface area contributed by atoms with Crippen LogP contribution < -0.4 is 15.5 Å². The first-order valence-electron chi connectivity index (χ1n) is 10.2. The Bertz CT molecular complexity index is 745. The second-order valence-electron chi connectivity index (χ2n) is 7.61. The molecule has 5 nitrogen and oxygen atoms in total. The van der Waals surface area contributed by atoms with Crippen LogP contribution in [0, 0.1) is 0 Å². The van der Waals surface area contributed by atoms with Gasteiger partial charge in [-0.05, 0) is 68.5 Å². The molecule has 4 rings (SSSR count). The van der Waals surface area contributed by atoms with Crippen LogP contribution in [0.2, 0.25) is 0 Å². The number of nitrogens with one attached hydrogen (secondary N) is 2. The fraction of sp³-hybridized carbons (Fsp3) is 0.455. The van der Waals surface area contributed by atoms with Gasteiger partial charge in [0, 0.05) is 36.7 Å². The molecular formula is C22H28N4O. The van der Waals surface area contributed by atoms with Crippen LogP contribution in [-0.2, 0) is 0 Å². The molecule has 1 saturated carbocycles. The quantitative estimate of drug-likeness (QED) is 0.821. The highest BCUT2D eigenvalue weighted by molar-refractivity contribution is 5.94. The predicted molar refractivity (Wildman–Crippen MR) is 110 cm³/mol. The molecule has 142 valence electrons. The lowest BCUT2D eigenvalue weighted by atomic mass is 10.1. The van der Waals surface area contributed by atoms with Crippen LogP contribution in [0.15, 0.2) is 42.6 Å². The Balaban J connectivity index is 1.34. The Hall–Kier alpha value is -2.56. The van der Waals surface area contributed by atoms with Gasteiger partial charge in [-0.2, -0.15) is 0 Å². The molecule has 2 heterocycles. The van der Waals surface area contributed by atoms with E-state index in [1.807, 2.05) is 12.1 Å². The number of nitrogens with zero attached hydrogens (tertiary/aromatic N) is 2. The van der Waals surface area contributed by atoms with Crippen molar-refractivity contribution in [2.75, 3.05) is 23.3 Å². The van der Waals surface area contributed by atoms with E-state index in [0.29, 0.717) is 11.6 Å². The molecule has 2 aromatic rings. The number of rotatable bonds is 5. The smallest absolute Gasteiger partial charge is 0.253 e. The highest BCUT2D eigenvalue weighted by atomic mass is 16.1. The van der Waals surface area contributed by atoms with Gasteiger partial charge in [-0.3, -0.25) is 4.79 Å². The average molecular weight is 364 g/mol. The van der Waals surface area contributed by atoms with E-state index in [1.165, 1.54) is 37.8 Å². The molecule has 0 spiro atoms. The van der Waals surface area contributed by atoms with Crippen molar-refractivity contribution in [2.24, 2.45) is 0 Å². The van der Waals surface area contributed by atoms with Crippen molar-refractivity contribution in [3.05, 3.63) is 48.2 Å². The van der Waals surface area contributed by atoms with Gasteiger partial charge in [0.2, 0.25) is 0 Å². The molecule has 1 aromatic carbocycles. The van der Waals surface area contributed by atoms with Gasteiger partial charge in [0.05, 0.1) is 5.56 Å². The van der Waals surface area contributed by atoms with E-state index in [-0.39, 0.29) is 5.91 Å². The van der Waals surface area contributed by atoms with Crippen LogP contribution in [-0.4, -0.2) is 30.0 Å². The molecule has 1 saturated heterocycles. The summed E-state index contributed by atoms with van der Waals surface area (Å²) >= 11 is 0. The van der Waals surface area contributed by atoms with Crippen LogP contribution in [0.25, 0.3) is 0 Å². The zero-order chi connectivity index (χ0) is 18.5. The van der Waals surface area contributed by atoms with Crippen molar-refractivity contribution in [1.29, 1.82) is 0 Å². The Morgan fingerprint density at radius 2 is 1.67 bits per heavy atom. The number of piperidine rings is 1. The fourth-order valence-corrected chi connectivity index (χ4v) is 4.00. The van der Waals surface area contributed by atoms with Crippen molar-refractivity contribution in [3.8, 4) is 0 Å². The molecular weight excluding hydrogens is 336 g/mol. The largest absolute Gasteiger partial charge is 0.372 e. The van der Waals surface area contributed by atoms with Gasteiger partial charge in [0.25, 0.3) is 5.91 Å². The second-order valence-corrected chi connectivity index (χ2v) is 7.61. The van der Waals surface area contributed by atoms with Crippen molar-refractivity contribution < 1.29 is 4.79 Å². The Morgan fingerprint density at radius 1 is 0.926 bits per heavy atom. The lowest BCUT2D eigenvalue weighted by Crippen LogP contribution is -2.32. The third-order valence-corrected chi connectivity index (χ3v) is 5.58. The van der Waals surface area contributed by atoms with Crippen molar-refractivity contribution in [3.63, 3.8) is 0 Å². The van der Waals surface area contributed by atoms with Gasteiger partial charge in [-0.1, -0.05) is 12.8 Å². The number of anilines is 3. The standard InChI is InChI=1S/C22H28N4O/c27-22(25-18-6-2-3-7-18)17-8-13-21(23-16-17)24-19-9-11-20(12-10-19)26-14-4-1-5-15-26/h8-13,16,18H,1-7,14-15H2,(H,23,24)(H,25,27). The maximum Gasteiger partial charge on any atom is 0.253 e. The van der Waals surface area contributed by atoms with Gasteiger partial charge in [-0.15, -0.1) is 0 Å². The van der Waals surface area contributed by atoms with Crippen LogP contribution >= 0.6 is 0 Å². The first kappa shape index (κ1) is 17.8. The first-order chi connectivity index (χ1) is 13.3. The summed E-state index contributed by atoms with van der Waals surface area (Å²) in [6, 6.07) is 12.5. The summed E-state index contributed by atoms with van der Waals surface area (Å²) in [4.78, 5) is 19.1. The Morgan fingerprint density at radius 3 is 2.33 bits per heavy atom. The normalized spacial score (nSPS) is 17.7. The molecule has 0 atom stereocenters. The summed E-state index contributed by atoms with van der Waals surface area (Å²) in [6.07, 6.45) is 10.2. The summed E-state index contributed by atoms with van der Waals surface area (Å²) in [5, 5.41) is 6.41. The van der Waals surface area contributed by atoms with E-state index in [0.717, 1.165) is 37.4 Å². The molecule has 1 aromatic heterocycles. The van der Waals surface area contributed by atoms with E-state index in [4.69, 9.17) is 0 Å². The predicted octanol–water partition coefficient (Wildman–Crippen LogP) is 4.49. The van der Waals surface area contributed by atoms with Gasteiger partial charge >= 0.3 is 0 Å². The molecule has 0 bridgehead atoms. The van der Waals surface area contributed by atoms with E-state index < -0.39 is 0 Å². The van der Waals surface area contributed by atoms with Crippen LogP contribution in [0.1, 0.15) is 55.3 Å². The molecule has 0 radical (unpaired) electrons. The summed E-state index contributed by atoms with van der Waals surface area (Å²) in [7, 11) is 0. The van der Waals surface area contributed by atoms with Crippen LogP contribution in [0.3, 0.4) is 0 Å². The van der Waals surface area contributed by atoms with Gasteiger partial charge in [0.1, 0.15) is 5.82 Å². The molecule has 0 unspecified atom stereocenters. The van der Waals surface area contributed by atoms with Gasteiger partial charge in [0.15, 0.2) is 0 Å². The number of carbonyl (C=O) groups excluding carboxylic acids is 1. The summed E-state index contributed by atoms with van der Waals surface area (Å²) in [5.74, 6) is 0.727. The maximum absolute atomic E-state index is 12.3. The number of hydrogen-bond donors (Lipinski definition) is 2. The van der Waals surface area contributed by atoms with Crippen molar-refractivity contribution in [2.45, 2.75) is 51.0 Å². The molecule has 1 amide bonds. The lowest BCUT2D eigenvalue weighted by molar-refractivity contribution is 0.0937. The highest BCUT2D eigenvalue weighted by Gasteiger charge is 2.18. The number of pyridine rings is 1. The Labute approximate surface area is 161 Å². The number of aromatic nitrogens is 1. The Kier molecular flexibility index (Phi) is 5.56. The molecule has 2 N–H and O–H groups in total. The molecule has 1 aliphatic carbocycles. The van der Waals surface area contributed by atoms with Gasteiger partial charge < -0.3 is 15.5 Å². The monoisotopic (exact) mass is 364 g/mol. The second kappa shape index (κ2) is 8.42. The minimum Gasteiger partial charge on any atom is -0.372 e. The summed E-state index contributed by atoms with van der Waals surface area (Å²) in [5.41, 5.74) is 2.91. The SMILES string of the molecule is O=C(NC1CCCC1)c1ccc(Nc2ccc(N3CCCCC3)cc2)nc1. The van der Waals surface area contributed by atoms with E-state index in [9.17, 15) is 4.79 Å². The summed E-state index contributed by atoms with van der Waals surface area (Å²) < 4.78 is 0. The van der Waals surface area contributed by atoms with E-state index in [1.54, 1.807) is 6.20 Å². The number of hydrogen-bond acceptors (Lipinski definition) is 4. The molecule has 1 aliphatic heterocycles. The minimum atomic E-state index is -0.0214. The zero-order valence-electron chi connectivity index (χ0n) is 15.8. The van der Waals surface area contributed by atoms with Crippen molar-refractivity contribution in [1.82, 2.24) is 10.3 Å². The number of benzene rings is 1. The van der Waals surface area contributed by atoms with E-state index >= 15 is 0 Å². The van der Waals surface area contributed by atoms with Crippen LogP contribution in [0.4, 0.5) is 17.2 Å². The minimum absolute atomic E-state index is 0.0214. The average Bonchev–Trinajstić information content (AvgIpc) is 3.23. The molecule has 2 aliphatic rings. The number of amides is 1. The van der Waals surface area contributed by atoms with E-state index in [2.05, 4.69) is 44.8 Å². The third kappa shape index (κ3) is 4.59. The van der Waals surface area contributed by atoms with Crippen molar-refractivity contribution >= 4 is 23.1 Å². The fourth-order valence-electron chi connectivity index (χ4n) is 4.00. The lowest BCUT2D eigenvalue weighted by Gasteiger charge is -2.28. The zero-order valence-corrected chi connectivity index (χ0v) is 15.8. The van der Waals surface area contributed by atoms with Gasteiger partial charge in [-0.25, -0.2) is 4.98 Å². The molecule has 27 heavy (non-hydrogen) atoms. The first-order valence-corrected chi connectivity index (χ1v) is 10.2. The molecule has 5 heteroatoms. The van der Waals surface area contributed by atoms with Crippen LogP contribution in [0.5, 0.6) is 0 Å². The maximum atomic E-state index is 12.3. The molecule has 2 fully saturated rings. The topological polar surface area (TPSA) is 57.3 Å².